The molecule has 3 N–H and O–H groups in total. The van der Waals surface area contributed by atoms with E-state index in [9.17, 15) is 32.0 Å². The number of carbonyl (C=O) groups excluding carboxylic acids is 4. The standard InChI is InChI=1S/C41H46FN5O9S2/c1-40(2,3)56-39(51)44-28-11-8-6-4-5-7-10-23-21-41(23,38(50)46-58(52,53)26-14-15-26)45-36(48)30-19-25(22-47(30)37(28)49)54-32-20-29(33-12-9-17-57-33)43-34-27-18-24(42)13-16-31(27)55-35(32)34/h7,9-10,12-13,16-18,20,23,25-26,28,30H,4-6,8,11,14-15,19,21-22H2,1-3H3,(H,44,51)(H,45,48)(H,46,50)/b10-7-/t23-,25+,28-,30-,41+/m0/s1. The predicted octanol–water partition coefficient (Wildman–Crippen LogP) is 6.09. The van der Waals surface area contributed by atoms with E-state index < -0.39 is 80.2 Å². The number of amides is 4. The Morgan fingerprint density at radius 3 is 2.66 bits per heavy atom. The third-order valence-electron chi connectivity index (χ3n) is 10.9. The van der Waals surface area contributed by atoms with E-state index in [1.54, 1.807) is 26.8 Å². The summed E-state index contributed by atoms with van der Waals surface area (Å²) in [5, 5.41) is 7.30. The fourth-order valence-electron chi connectivity index (χ4n) is 7.79. The minimum atomic E-state index is -3.93. The second-order valence-electron chi connectivity index (χ2n) is 16.6. The number of alkyl carbamates (subject to hydrolysis) is 1. The Morgan fingerprint density at radius 2 is 1.91 bits per heavy atom. The molecule has 3 fully saturated rings. The summed E-state index contributed by atoms with van der Waals surface area (Å²) in [5.74, 6) is -2.69. The number of carbonyl (C=O) groups is 4. The first-order valence-electron chi connectivity index (χ1n) is 19.7. The number of benzene rings is 1. The Balaban J connectivity index is 1.14. The van der Waals surface area contributed by atoms with Crippen molar-refractivity contribution in [2.75, 3.05) is 6.54 Å². The summed E-state index contributed by atoms with van der Waals surface area (Å²) >= 11 is 1.45. The molecule has 1 saturated heterocycles. The topological polar surface area (TPSA) is 186 Å². The normalized spacial score (nSPS) is 26.2. The van der Waals surface area contributed by atoms with Gasteiger partial charge >= 0.3 is 6.09 Å². The zero-order valence-electron chi connectivity index (χ0n) is 32.4. The first-order chi connectivity index (χ1) is 27.6. The highest BCUT2D eigenvalue weighted by molar-refractivity contribution is 7.91. The third-order valence-corrected chi connectivity index (χ3v) is 13.7. The highest BCUT2D eigenvalue weighted by Crippen LogP contribution is 2.46. The van der Waals surface area contributed by atoms with Crippen molar-refractivity contribution in [1.29, 1.82) is 0 Å². The zero-order chi connectivity index (χ0) is 41.0. The highest BCUT2D eigenvalue weighted by Gasteiger charge is 2.62. The van der Waals surface area contributed by atoms with Crippen LogP contribution in [0.25, 0.3) is 32.6 Å². The number of hydrogen-bond acceptors (Lipinski definition) is 11. The first kappa shape index (κ1) is 39.8. The number of aromatic nitrogens is 1. The summed E-state index contributed by atoms with van der Waals surface area (Å²) in [6.07, 6.45) is 6.29. The van der Waals surface area contributed by atoms with Gasteiger partial charge in [0.25, 0.3) is 5.91 Å². The molecule has 5 heterocycles. The van der Waals surface area contributed by atoms with Crippen LogP contribution in [0.4, 0.5) is 9.18 Å². The van der Waals surface area contributed by atoms with Crippen molar-refractivity contribution in [3.05, 3.63) is 59.7 Å². The predicted molar refractivity (Wildman–Crippen MR) is 214 cm³/mol. The Bertz CT molecular complexity index is 2410. The Kier molecular flexibility index (Phi) is 10.5. The molecule has 2 saturated carbocycles. The number of sulfonamides is 1. The van der Waals surface area contributed by atoms with Gasteiger partial charge in [-0.3, -0.25) is 19.1 Å². The molecule has 8 rings (SSSR count). The molecule has 17 heteroatoms. The van der Waals surface area contributed by atoms with Crippen molar-refractivity contribution in [1.82, 2.24) is 25.2 Å². The number of allylic oxidation sites excluding steroid dienone is 1. The highest BCUT2D eigenvalue weighted by atomic mass is 32.2. The van der Waals surface area contributed by atoms with Gasteiger partial charge < -0.3 is 29.4 Å². The summed E-state index contributed by atoms with van der Waals surface area (Å²) < 4.78 is 60.8. The summed E-state index contributed by atoms with van der Waals surface area (Å²) in [6, 6.07) is 7.37. The lowest BCUT2D eigenvalue weighted by molar-refractivity contribution is -0.141. The second-order valence-corrected chi connectivity index (χ2v) is 19.5. The van der Waals surface area contributed by atoms with Crippen LogP contribution in [-0.2, 0) is 29.1 Å². The molecule has 0 radical (unpaired) electrons. The number of halogens is 1. The SMILES string of the molecule is CC(C)(C)OC(=O)N[C@H]1CCCCC/C=C\[C@H]2C[C@@]2(C(=O)NS(=O)(=O)C2CC2)NC(=O)[C@@H]2C[C@@H](Oc3cc(-c4cccs4)nc4c3oc3ccc(F)cc34)CN2C1=O. The molecular weight excluding hydrogens is 790 g/mol. The zero-order valence-corrected chi connectivity index (χ0v) is 34.1. The van der Waals surface area contributed by atoms with Gasteiger partial charge in [0.05, 0.1) is 22.4 Å². The number of nitrogens with zero attached hydrogens (tertiary/aromatic N) is 2. The molecule has 3 aromatic heterocycles. The minimum absolute atomic E-state index is 0.0255. The maximum atomic E-state index is 14.6. The van der Waals surface area contributed by atoms with Gasteiger partial charge in [-0.2, -0.15) is 0 Å². The molecule has 2 aliphatic heterocycles. The van der Waals surface area contributed by atoms with Gasteiger partial charge in [-0.1, -0.05) is 31.1 Å². The molecule has 0 unspecified atom stereocenters. The van der Waals surface area contributed by atoms with Gasteiger partial charge in [-0.05, 0) is 88.9 Å². The van der Waals surface area contributed by atoms with Crippen LogP contribution in [0, 0.1) is 11.7 Å². The molecule has 14 nitrogen and oxygen atoms in total. The number of ether oxygens (including phenoxy) is 2. The molecule has 58 heavy (non-hydrogen) atoms. The van der Waals surface area contributed by atoms with E-state index in [1.165, 1.54) is 34.4 Å². The average Bonchev–Trinajstić information content (AvgIpc) is 3.95. The van der Waals surface area contributed by atoms with E-state index in [1.807, 2.05) is 29.7 Å². The number of hydrogen-bond donors (Lipinski definition) is 3. The molecule has 308 valence electrons. The third kappa shape index (κ3) is 8.28. The average molecular weight is 836 g/mol. The van der Waals surface area contributed by atoms with Gasteiger partial charge in [-0.25, -0.2) is 22.6 Å². The van der Waals surface area contributed by atoms with Crippen LogP contribution in [0.2, 0.25) is 0 Å². The Labute approximate surface area is 338 Å². The van der Waals surface area contributed by atoms with Crippen molar-refractivity contribution < 1.29 is 45.9 Å². The largest absolute Gasteiger partial charge is 0.484 e. The van der Waals surface area contributed by atoms with Crippen molar-refractivity contribution in [3.63, 3.8) is 0 Å². The Hall–Kier alpha value is -5.03. The lowest BCUT2D eigenvalue weighted by Crippen LogP contribution is -2.58. The van der Waals surface area contributed by atoms with Gasteiger partial charge in [-0.15, -0.1) is 11.3 Å². The summed E-state index contributed by atoms with van der Waals surface area (Å²) in [7, 11) is -3.93. The fraction of sp³-hybridized carbons (Fsp3) is 0.488. The van der Waals surface area contributed by atoms with Crippen LogP contribution < -0.4 is 20.1 Å². The van der Waals surface area contributed by atoms with Crippen molar-refractivity contribution in [3.8, 4) is 16.3 Å². The monoisotopic (exact) mass is 835 g/mol. The molecule has 4 aromatic rings. The minimum Gasteiger partial charge on any atom is -0.484 e. The molecule has 4 aliphatic rings. The van der Waals surface area contributed by atoms with E-state index in [4.69, 9.17) is 18.9 Å². The number of fused-ring (bicyclic) bond motifs is 5. The maximum absolute atomic E-state index is 14.6. The summed E-state index contributed by atoms with van der Waals surface area (Å²) in [5.41, 5.74) is -0.811. The van der Waals surface area contributed by atoms with E-state index in [0.29, 0.717) is 47.9 Å². The van der Waals surface area contributed by atoms with E-state index >= 15 is 0 Å². The van der Waals surface area contributed by atoms with Crippen LogP contribution in [0.3, 0.4) is 0 Å². The lowest BCUT2D eigenvalue weighted by Gasteiger charge is -2.30. The molecular formula is C41H46FN5O9S2. The van der Waals surface area contributed by atoms with E-state index in [-0.39, 0.29) is 37.1 Å². The molecule has 5 atom stereocenters. The van der Waals surface area contributed by atoms with Crippen molar-refractivity contribution in [2.24, 2.45) is 5.92 Å². The summed E-state index contributed by atoms with van der Waals surface area (Å²) in [6.45, 7) is 5.06. The number of thiophene rings is 1. The quantitative estimate of drug-likeness (QED) is 0.184. The van der Waals surface area contributed by atoms with Crippen LogP contribution in [-0.4, -0.2) is 83.2 Å². The summed E-state index contributed by atoms with van der Waals surface area (Å²) in [4.78, 5) is 63.1. The number of rotatable bonds is 7. The van der Waals surface area contributed by atoms with Gasteiger partial charge in [0.2, 0.25) is 21.8 Å². The van der Waals surface area contributed by atoms with Gasteiger partial charge in [0, 0.05) is 23.8 Å². The van der Waals surface area contributed by atoms with Crippen LogP contribution in [0.1, 0.15) is 78.6 Å². The number of nitrogens with one attached hydrogen (secondary N) is 3. The number of furan rings is 1. The van der Waals surface area contributed by atoms with Crippen LogP contribution >= 0.6 is 11.3 Å². The van der Waals surface area contributed by atoms with E-state index in [0.717, 1.165) is 17.7 Å². The molecule has 2 aliphatic carbocycles. The molecule has 0 spiro atoms. The molecule has 4 amide bonds. The molecule has 1 aromatic carbocycles. The maximum Gasteiger partial charge on any atom is 0.408 e. The van der Waals surface area contributed by atoms with E-state index in [2.05, 4.69) is 15.4 Å². The van der Waals surface area contributed by atoms with Gasteiger partial charge in [0.1, 0.15) is 46.2 Å². The smallest absolute Gasteiger partial charge is 0.408 e. The second kappa shape index (κ2) is 15.3. The Morgan fingerprint density at radius 1 is 1.10 bits per heavy atom. The van der Waals surface area contributed by atoms with Crippen molar-refractivity contribution >= 4 is 67.2 Å². The number of pyridine rings is 1. The molecule has 0 bridgehead atoms. The van der Waals surface area contributed by atoms with Crippen molar-refractivity contribution in [2.45, 2.75) is 113 Å². The lowest BCUT2D eigenvalue weighted by atomic mass is 10.0. The fourth-order valence-corrected chi connectivity index (χ4v) is 9.84. The van der Waals surface area contributed by atoms with Crippen LogP contribution in [0.5, 0.6) is 5.75 Å². The van der Waals surface area contributed by atoms with Crippen LogP contribution in [0.15, 0.2) is 58.3 Å². The van der Waals surface area contributed by atoms with Gasteiger partial charge in [0.15, 0.2) is 11.3 Å². The first-order valence-corrected chi connectivity index (χ1v) is 22.1.